The van der Waals surface area contributed by atoms with Crippen LogP contribution >= 0.6 is 0 Å². The zero-order valence-electron chi connectivity index (χ0n) is 9.34. The highest BCUT2D eigenvalue weighted by Crippen LogP contribution is 2.11. The fourth-order valence-corrected chi connectivity index (χ4v) is 1.44. The minimum absolute atomic E-state index is 0.937. The van der Waals surface area contributed by atoms with Gasteiger partial charge >= 0.3 is 0 Å². The first-order chi connectivity index (χ1) is 6.72. The molecule has 0 saturated carbocycles. The van der Waals surface area contributed by atoms with Crippen LogP contribution in [0.2, 0.25) is 0 Å². The van der Waals surface area contributed by atoms with E-state index in [9.17, 15) is 0 Å². The van der Waals surface area contributed by atoms with E-state index in [-0.39, 0.29) is 0 Å². The molecule has 78 valence electrons. The van der Waals surface area contributed by atoms with Crippen molar-refractivity contribution in [2.24, 2.45) is 0 Å². The first-order valence-corrected chi connectivity index (χ1v) is 5.14. The van der Waals surface area contributed by atoms with Gasteiger partial charge in [0, 0.05) is 6.42 Å². The molecule has 1 aromatic rings. The fourth-order valence-electron chi connectivity index (χ4n) is 1.44. The average Bonchev–Trinajstić information content (AvgIpc) is 2.18. The van der Waals surface area contributed by atoms with Crippen molar-refractivity contribution in [3.63, 3.8) is 0 Å². The van der Waals surface area contributed by atoms with Gasteiger partial charge in [-0.3, -0.25) is 0 Å². The van der Waals surface area contributed by atoms with Gasteiger partial charge in [-0.2, -0.15) is 0 Å². The predicted molar refractivity (Wildman–Crippen MR) is 59.0 cm³/mol. The second-order valence-electron chi connectivity index (χ2n) is 3.91. The number of hydrogen-bond acceptors (Lipinski definition) is 1. The Hall–Kier alpha value is -1.02. The van der Waals surface area contributed by atoms with E-state index in [4.69, 9.17) is 4.74 Å². The van der Waals surface area contributed by atoms with Crippen molar-refractivity contribution in [2.75, 3.05) is 27.7 Å². The lowest BCUT2D eigenvalue weighted by molar-refractivity contribution is -0.858. The summed E-state index contributed by atoms with van der Waals surface area (Å²) in [6, 6.07) is 8.34. The second kappa shape index (κ2) is 5.66. The van der Waals surface area contributed by atoms with Crippen LogP contribution in [0.4, 0.5) is 0 Å². The zero-order chi connectivity index (χ0) is 10.4. The monoisotopic (exact) mass is 194 g/mol. The first kappa shape index (κ1) is 11.1. The molecular formula is C12H20NO+. The number of hydrogen-bond donors (Lipinski definition) is 1. The Morgan fingerprint density at radius 3 is 2.29 bits per heavy atom. The third kappa shape index (κ3) is 3.79. The van der Waals surface area contributed by atoms with Crippen LogP contribution in [-0.4, -0.2) is 27.7 Å². The van der Waals surface area contributed by atoms with Gasteiger partial charge in [-0.15, -0.1) is 0 Å². The largest absolute Gasteiger partial charge is 0.497 e. The summed E-state index contributed by atoms with van der Waals surface area (Å²) in [6.45, 7) is 1.23. The van der Waals surface area contributed by atoms with Gasteiger partial charge in [0.05, 0.1) is 27.7 Å². The minimum atomic E-state index is 0.937. The van der Waals surface area contributed by atoms with Crippen molar-refractivity contribution >= 4 is 0 Å². The Kier molecular flexibility index (Phi) is 4.47. The Morgan fingerprint density at radius 2 is 1.79 bits per heavy atom. The Labute approximate surface area is 86.5 Å². The highest BCUT2D eigenvalue weighted by atomic mass is 16.5. The zero-order valence-corrected chi connectivity index (χ0v) is 9.34. The number of quaternary nitrogens is 1. The quantitative estimate of drug-likeness (QED) is 0.731. The molecule has 1 aromatic carbocycles. The molecule has 0 bridgehead atoms. The summed E-state index contributed by atoms with van der Waals surface area (Å²) in [5.41, 5.74) is 1.40. The van der Waals surface area contributed by atoms with E-state index in [1.165, 1.54) is 23.4 Å². The molecule has 1 N–H and O–H groups in total. The molecule has 0 saturated heterocycles. The van der Waals surface area contributed by atoms with Crippen LogP contribution in [0.1, 0.15) is 12.0 Å². The van der Waals surface area contributed by atoms with Gasteiger partial charge in [0.15, 0.2) is 0 Å². The average molecular weight is 194 g/mol. The van der Waals surface area contributed by atoms with Crippen LogP contribution in [0.3, 0.4) is 0 Å². The third-order valence-corrected chi connectivity index (χ3v) is 2.30. The normalized spacial score (nSPS) is 10.6. The molecule has 0 unspecified atom stereocenters. The number of methoxy groups -OCH3 is 1. The van der Waals surface area contributed by atoms with Crippen LogP contribution < -0.4 is 9.64 Å². The molecule has 0 fully saturated rings. The first-order valence-electron chi connectivity index (χ1n) is 5.14. The molecule has 0 aliphatic rings. The van der Waals surface area contributed by atoms with Crippen LogP contribution in [-0.2, 0) is 6.42 Å². The maximum Gasteiger partial charge on any atom is 0.118 e. The van der Waals surface area contributed by atoms with Crippen molar-refractivity contribution in [3.05, 3.63) is 29.8 Å². The van der Waals surface area contributed by atoms with E-state index in [2.05, 4.69) is 26.2 Å². The molecule has 1 rings (SSSR count). The van der Waals surface area contributed by atoms with Crippen molar-refractivity contribution in [2.45, 2.75) is 12.8 Å². The molecule has 0 radical (unpaired) electrons. The lowest BCUT2D eigenvalue weighted by Crippen LogP contribution is -3.05. The van der Waals surface area contributed by atoms with E-state index in [1.54, 1.807) is 7.11 Å². The van der Waals surface area contributed by atoms with Crippen molar-refractivity contribution < 1.29 is 9.64 Å². The van der Waals surface area contributed by atoms with Gasteiger partial charge in [0.2, 0.25) is 0 Å². The van der Waals surface area contributed by atoms with Gasteiger partial charge in [-0.1, -0.05) is 12.1 Å². The lowest BCUT2D eigenvalue weighted by atomic mass is 10.1. The van der Waals surface area contributed by atoms with Gasteiger partial charge in [-0.05, 0) is 24.1 Å². The van der Waals surface area contributed by atoms with E-state index in [1.807, 2.05) is 12.1 Å². The lowest BCUT2D eigenvalue weighted by Gasteiger charge is -2.07. The van der Waals surface area contributed by atoms with E-state index in [0.717, 1.165) is 12.2 Å². The standard InChI is InChI=1S/C12H19NO/c1-13(2)10-4-5-11-6-8-12(14-3)9-7-11/h6-9H,4-5,10H2,1-3H3/p+1. The maximum atomic E-state index is 5.11. The highest BCUT2D eigenvalue weighted by Gasteiger charge is 1.97. The number of rotatable bonds is 5. The van der Waals surface area contributed by atoms with E-state index >= 15 is 0 Å². The third-order valence-electron chi connectivity index (χ3n) is 2.30. The molecule has 2 heteroatoms. The van der Waals surface area contributed by atoms with Crippen LogP contribution in [0, 0.1) is 0 Å². The number of aryl methyl sites for hydroxylation is 1. The summed E-state index contributed by atoms with van der Waals surface area (Å²) in [6.07, 6.45) is 2.41. The Morgan fingerprint density at radius 1 is 1.14 bits per heavy atom. The highest BCUT2D eigenvalue weighted by molar-refractivity contribution is 5.27. The number of benzene rings is 1. The molecule has 0 aliphatic heterocycles. The van der Waals surface area contributed by atoms with Gasteiger partial charge in [0.25, 0.3) is 0 Å². The molecule has 0 aliphatic carbocycles. The number of nitrogens with one attached hydrogen (secondary N) is 1. The van der Waals surface area contributed by atoms with Crippen LogP contribution in [0.25, 0.3) is 0 Å². The maximum absolute atomic E-state index is 5.11. The molecule has 0 atom stereocenters. The Bertz CT molecular complexity index is 254. The summed E-state index contributed by atoms with van der Waals surface area (Å²) in [5.74, 6) is 0.937. The second-order valence-corrected chi connectivity index (χ2v) is 3.91. The number of ether oxygens (including phenoxy) is 1. The van der Waals surface area contributed by atoms with Crippen LogP contribution in [0.5, 0.6) is 5.75 Å². The van der Waals surface area contributed by atoms with Crippen molar-refractivity contribution in [1.82, 2.24) is 0 Å². The molecule has 2 nitrogen and oxygen atoms in total. The molecule has 0 spiro atoms. The summed E-state index contributed by atoms with van der Waals surface area (Å²) >= 11 is 0. The molecule has 14 heavy (non-hydrogen) atoms. The summed E-state index contributed by atoms with van der Waals surface area (Å²) < 4.78 is 5.11. The Balaban J connectivity index is 2.36. The van der Waals surface area contributed by atoms with Gasteiger partial charge in [-0.25, -0.2) is 0 Å². The fraction of sp³-hybridized carbons (Fsp3) is 0.500. The molecular weight excluding hydrogens is 174 g/mol. The van der Waals surface area contributed by atoms with Gasteiger partial charge < -0.3 is 9.64 Å². The summed E-state index contributed by atoms with van der Waals surface area (Å²) in [4.78, 5) is 1.51. The van der Waals surface area contributed by atoms with Gasteiger partial charge in [0.1, 0.15) is 5.75 Å². The summed E-state index contributed by atoms with van der Waals surface area (Å²) in [5, 5.41) is 0. The molecule has 0 aromatic heterocycles. The topological polar surface area (TPSA) is 13.7 Å². The van der Waals surface area contributed by atoms with Crippen LogP contribution in [0.15, 0.2) is 24.3 Å². The van der Waals surface area contributed by atoms with Crippen molar-refractivity contribution in [3.8, 4) is 5.75 Å². The van der Waals surface area contributed by atoms with E-state index < -0.39 is 0 Å². The summed E-state index contributed by atoms with van der Waals surface area (Å²) in [7, 11) is 6.08. The molecule has 0 amide bonds. The predicted octanol–water partition coefficient (Wildman–Crippen LogP) is 0.772. The SMILES string of the molecule is COc1ccc(CCC[NH+](C)C)cc1. The van der Waals surface area contributed by atoms with Crippen molar-refractivity contribution in [1.29, 1.82) is 0 Å². The van der Waals surface area contributed by atoms with E-state index in [0.29, 0.717) is 0 Å². The minimum Gasteiger partial charge on any atom is -0.497 e. The smallest absolute Gasteiger partial charge is 0.118 e. The molecule has 0 heterocycles.